The number of amides is 2. The maximum Gasteiger partial charge on any atom is 0.255 e. The van der Waals surface area contributed by atoms with Crippen LogP contribution in [0.15, 0.2) is 65.4 Å². The summed E-state index contributed by atoms with van der Waals surface area (Å²) in [7, 11) is 0. The van der Waals surface area contributed by atoms with Crippen LogP contribution in [0.5, 0.6) is 0 Å². The molecule has 0 saturated carbocycles. The molecular weight excluding hydrogens is 489 g/mol. The summed E-state index contributed by atoms with van der Waals surface area (Å²) in [6.07, 6.45) is 4.76. The standard InChI is InChI=1S/C26H27Cl2N3O4/c27-18-6-3-5-17(13-18)22-9-4-12-31(22)26(35)24(33)23(32)25(34)30-15-16-10-11-21(29-14-16)19-7-1-2-8-20(19)28/h1-2,6-8,10-11,13-14,22-24,32-33H,3-5,9,12,15H2,(H,30,34)/t22?,23-,24-/m1/s1. The summed E-state index contributed by atoms with van der Waals surface area (Å²) >= 11 is 12.3. The van der Waals surface area contributed by atoms with Crippen LogP contribution in [0.2, 0.25) is 5.02 Å². The van der Waals surface area contributed by atoms with E-state index < -0.39 is 24.0 Å². The van der Waals surface area contributed by atoms with Crippen LogP contribution in [0.4, 0.5) is 0 Å². The minimum absolute atomic E-state index is 0.0800. The summed E-state index contributed by atoms with van der Waals surface area (Å²) in [6, 6.07) is 10.7. The summed E-state index contributed by atoms with van der Waals surface area (Å²) in [5.41, 5.74) is 3.21. The molecule has 2 heterocycles. The molecule has 3 atom stereocenters. The van der Waals surface area contributed by atoms with Crippen LogP contribution in [0.3, 0.4) is 0 Å². The molecule has 0 bridgehead atoms. The fourth-order valence-corrected chi connectivity index (χ4v) is 4.94. The van der Waals surface area contributed by atoms with Gasteiger partial charge < -0.3 is 20.4 Å². The van der Waals surface area contributed by atoms with E-state index in [9.17, 15) is 19.8 Å². The van der Waals surface area contributed by atoms with Crippen molar-refractivity contribution in [1.29, 1.82) is 0 Å². The Labute approximate surface area is 214 Å². The third kappa shape index (κ3) is 5.93. The van der Waals surface area contributed by atoms with Gasteiger partial charge in [-0.2, -0.15) is 0 Å². The molecule has 35 heavy (non-hydrogen) atoms. The van der Waals surface area contributed by atoms with Crippen LogP contribution in [-0.4, -0.2) is 56.7 Å². The van der Waals surface area contributed by atoms with Gasteiger partial charge in [-0.1, -0.05) is 53.5 Å². The predicted octanol–water partition coefficient (Wildman–Crippen LogP) is 3.57. The molecule has 0 spiro atoms. The summed E-state index contributed by atoms with van der Waals surface area (Å²) in [6.45, 7) is 0.535. The lowest BCUT2D eigenvalue weighted by molar-refractivity contribution is -0.153. The van der Waals surface area contributed by atoms with E-state index in [4.69, 9.17) is 23.2 Å². The van der Waals surface area contributed by atoms with Crippen LogP contribution in [0.25, 0.3) is 11.3 Å². The Morgan fingerprint density at radius 3 is 2.66 bits per heavy atom. The van der Waals surface area contributed by atoms with E-state index in [0.717, 1.165) is 36.8 Å². The van der Waals surface area contributed by atoms with Gasteiger partial charge in [0, 0.05) is 34.9 Å². The van der Waals surface area contributed by atoms with Crippen LogP contribution in [0, 0.1) is 0 Å². The highest BCUT2D eigenvalue weighted by Gasteiger charge is 2.39. The Balaban J connectivity index is 1.34. The maximum atomic E-state index is 12.9. The number of aliphatic hydroxyl groups excluding tert-OH is 2. The lowest BCUT2D eigenvalue weighted by atomic mass is 9.95. The van der Waals surface area contributed by atoms with E-state index >= 15 is 0 Å². The fourth-order valence-electron chi connectivity index (χ4n) is 4.46. The molecule has 1 fully saturated rings. The first-order valence-electron chi connectivity index (χ1n) is 11.6. The highest BCUT2D eigenvalue weighted by molar-refractivity contribution is 6.33. The second-order valence-corrected chi connectivity index (χ2v) is 9.52. The Kier molecular flexibility index (Phi) is 8.23. The highest BCUT2D eigenvalue weighted by atomic mass is 35.5. The van der Waals surface area contributed by atoms with Gasteiger partial charge in [0.2, 0.25) is 0 Å². The molecule has 1 aliphatic heterocycles. The smallest absolute Gasteiger partial charge is 0.255 e. The molecule has 1 unspecified atom stereocenters. The number of nitrogens with one attached hydrogen (secondary N) is 1. The molecule has 2 aliphatic rings. The van der Waals surface area contributed by atoms with Crippen molar-refractivity contribution >= 4 is 35.0 Å². The summed E-state index contributed by atoms with van der Waals surface area (Å²) in [5, 5.41) is 24.6. The van der Waals surface area contributed by atoms with Crippen molar-refractivity contribution in [3.8, 4) is 11.3 Å². The SMILES string of the molecule is O=C(NCc1ccc(-c2ccccc2Cl)nc1)[C@H](O)[C@@H](O)C(=O)N1CCCC1C1=CC(Cl)=CCC1. The van der Waals surface area contributed by atoms with Crippen LogP contribution >= 0.6 is 23.2 Å². The van der Waals surface area contributed by atoms with Crippen molar-refractivity contribution in [2.45, 2.75) is 50.5 Å². The van der Waals surface area contributed by atoms with Crippen molar-refractivity contribution < 1.29 is 19.8 Å². The number of likely N-dealkylation sites (tertiary alicyclic amines) is 1. The number of aromatic nitrogens is 1. The predicted molar refractivity (Wildman–Crippen MR) is 135 cm³/mol. The molecule has 3 N–H and O–H groups in total. The quantitative estimate of drug-likeness (QED) is 0.522. The van der Waals surface area contributed by atoms with Crippen LogP contribution in [-0.2, 0) is 16.1 Å². The molecule has 1 aromatic heterocycles. The first-order valence-corrected chi connectivity index (χ1v) is 12.3. The van der Waals surface area contributed by atoms with Gasteiger partial charge in [-0.05, 0) is 55.0 Å². The number of benzene rings is 1. The Bertz CT molecular complexity index is 1150. The second kappa shape index (κ2) is 11.4. The van der Waals surface area contributed by atoms with E-state index in [1.54, 1.807) is 29.3 Å². The lowest BCUT2D eigenvalue weighted by Crippen LogP contribution is -2.52. The third-order valence-corrected chi connectivity index (χ3v) is 6.91. The summed E-state index contributed by atoms with van der Waals surface area (Å²) in [5.74, 6) is -1.49. The summed E-state index contributed by atoms with van der Waals surface area (Å²) in [4.78, 5) is 31.3. The zero-order valence-electron chi connectivity index (χ0n) is 19.0. The van der Waals surface area contributed by atoms with Crippen LogP contribution < -0.4 is 5.32 Å². The van der Waals surface area contributed by atoms with Gasteiger partial charge in [0.25, 0.3) is 11.8 Å². The van der Waals surface area contributed by atoms with Gasteiger partial charge >= 0.3 is 0 Å². The van der Waals surface area contributed by atoms with Gasteiger partial charge in [-0.15, -0.1) is 0 Å². The largest absolute Gasteiger partial charge is 0.380 e. The number of hydrogen-bond donors (Lipinski definition) is 3. The zero-order valence-corrected chi connectivity index (χ0v) is 20.5. The van der Waals surface area contributed by atoms with E-state index in [1.807, 2.05) is 30.4 Å². The molecule has 2 amide bonds. The van der Waals surface area contributed by atoms with Crippen molar-refractivity contribution in [2.75, 3.05) is 6.54 Å². The molecule has 1 aromatic carbocycles. The summed E-state index contributed by atoms with van der Waals surface area (Å²) < 4.78 is 0. The number of nitrogens with zero attached hydrogens (tertiary/aromatic N) is 2. The number of aliphatic hydroxyl groups is 2. The average molecular weight is 516 g/mol. The van der Waals surface area contributed by atoms with Crippen molar-refractivity contribution in [3.63, 3.8) is 0 Å². The van der Waals surface area contributed by atoms with E-state index in [2.05, 4.69) is 10.3 Å². The molecule has 184 valence electrons. The Morgan fingerprint density at radius 1 is 1.14 bits per heavy atom. The number of carbonyl (C=O) groups excluding carboxylic acids is 2. The Hall–Kier alpha value is -2.71. The fraction of sp³-hybridized carbons (Fsp3) is 0.346. The molecule has 0 radical (unpaired) electrons. The minimum Gasteiger partial charge on any atom is -0.380 e. The number of allylic oxidation sites excluding steroid dienone is 3. The first kappa shape index (κ1) is 25.4. The van der Waals surface area contributed by atoms with E-state index in [-0.39, 0.29) is 12.6 Å². The van der Waals surface area contributed by atoms with E-state index in [1.165, 1.54) is 0 Å². The first-order chi connectivity index (χ1) is 16.8. The van der Waals surface area contributed by atoms with Gasteiger partial charge in [0.15, 0.2) is 12.2 Å². The molecule has 7 nitrogen and oxygen atoms in total. The molecule has 4 rings (SSSR count). The molecule has 2 aromatic rings. The van der Waals surface area contributed by atoms with Gasteiger partial charge in [0.05, 0.1) is 11.7 Å². The lowest BCUT2D eigenvalue weighted by Gasteiger charge is -2.30. The molecule has 9 heteroatoms. The second-order valence-electron chi connectivity index (χ2n) is 8.68. The topological polar surface area (TPSA) is 103 Å². The molecule has 1 saturated heterocycles. The van der Waals surface area contributed by atoms with E-state index in [0.29, 0.717) is 27.9 Å². The maximum absolute atomic E-state index is 12.9. The zero-order chi connectivity index (χ0) is 24.9. The Morgan fingerprint density at radius 2 is 1.94 bits per heavy atom. The molecule has 1 aliphatic carbocycles. The van der Waals surface area contributed by atoms with Gasteiger partial charge in [-0.3, -0.25) is 14.6 Å². The molecular formula is C26H27Cl2N3O4. The average Bonchev–Trinajstić information content (AvgIpc) is 3.37. The normalized spacial score (nSPS) is 19.5. The number of hydrogen-bond acceptors (Lipinski definition) is 5. The van der Waals surface area contributed by atoms with Crippen LogP contribution in [0.1, 0.15) is 31.2 Å². The monoisotopic (exact) mass is 515 g/mol. The number of carbonyl (C=O) groups is 2. The number of pyridine rings is 1. The number of halogens is 2. The van der Waals surface area contributed by atoms with Crippen molar-refractivity contribution in [3.05, 3.63) is 75.9 Å². The van der Waals surface area contributed by atoms with Crippen molar-refractivity contribution in [1.82, 2.24) is 15.2 Å². The van der Waals surface area contributed by atoms with Crippen molar-refractivity contribution in [2.24, 2.45) is 0 Å². The number of rotatable bonds is 7. The highest BCUT2D eigenvalue weighted by Crippen LogP contribution is 2.31. The minimum atomic E-state index is -1.89. The van der Waals surface area contributed by atoms with Gasteiger partial charge in [0.1, 0.15) is 0 Å². The third-order valence-electron chi connectivity index (χ3n) is 6.32. The van der Waals surface area contributed by atoms with Gasteiger partial charge in [-0.25, -0.2) is 0 Å².